The Morgan fingerprint density at radius 2 is 2.00 bits per heavy atom. The van der Waals surface area contributed by atoms with Crippen LogP contribution in [-0.4, -0.2) is 18.2 Å². The molecule has 1 aromatic carbocycles. The zero-order valence-electron chi connectivity index (χ0n) is 8.89. The van der Waals surface area contributed by atoms with Crippen LogP contribution in [0.3, 0.4) is 0 Å². The van der Waals surface area contributed by atoms with Crippen molar-refractivity contribution in [2.45, 2.75) is 25.7 Å². The van der Waals surface area contributed by atoms with E-state index in [1.165, 1.54) is 0 Å². The van der Waals surface area contributed by atoms with Crippen molar-refractivity contribution in [3.63, 3.8) is 0 Å². The Labute approximate surface area is 98.8 Å². The van der Waals surface area contributed by atoms with Gasteiger partial charge in [0, 0.05) is 10.0 Å². The molecule has 0 spiro atoms. The topological polar surface area (TPSA) is 32.3 Å². The zero-order chi connectivity index (χ0) is 10.8. The fraction of sp³-hybridized carbons (Fsp3) is 0.500. The van der Waals surface area contributed by atoms with Crippen LogP contribution in [0, 0.1) is 6.92 Å². The van der Waals surface area contributed by atoms with E-state index in [2.05, 4.69) is 21.2 Å². The Bertz CT molecular complexity index is 359. The second-order valence-electron chi connectivity index (χ2n) is 4.15. The fourth-order valence-electron chi connectivity index (χ4n) is 2.19. The third-order valence-electron chi connectivity index (χ3n) is 3.11. The third-order valence-corrected chi connectivity index (χ3v) is 3.80. The van der Waals surface area contributed by atoms with E-state index in [0.29, 0.717) is 11.7 Å². The number of piperidine rings is 1. The number of phenolic OH excluding ortho intramolecular Hbond substituents is 1. The number of hydrogen-bond donors (Lipinski definition) is 2. The summed E-state index contributed by atoms with van der Waals surface area (Å²) in [6.07, 6.45) is 2.21. The smallest absolute Gasteiger partial charge is 0.123 e. The Morgan fingerprint density at radius 3 is 2.67 bits per heavy atom. The quantitative estimate of drug-likeness (QED) is 0.822. The number of halogens is 1. The minimum Gasteiger partial charge on any atom is -0.507 e. The minimum atomic E-state index is 0.469. The number of benzene rings is 1. The van der Waals surface area contributed by atoms with Crippen LogP contribution in [0.5, 0.6) is 5.75 Å². The lowest BCUT2D eigenvalue weighted by Gasteiger charge is -2.25. The van der Waals surface area contributed by atoms with E-state index in [1.807, 2.05) is 19.1 Å². The van der Waals surface area contributed by atoms with Gasteiger partial charge >= 0.3 is 0 Å². The van der Waals surface area contributed by atoms with Crippen molar-refractivity contribution in [2.24, 2.45) is 0 Å². The monoisotopic (exact) mass is 269 g/mol. The Kier molecular flexibility index (Phi) is 3.32. The summed E-state index contributed by atoms with van der Waals surface area (Å²) in [4.78, 5) is 0. The maximum Gasteiger partial charge on any atom is 0.123 e. The summed E-state index contributed by atoms with van der Waals surface area (Å²) in [6.45, 7) is 4.04. The van der Waals surface area contributed by atoms with Crippen molar-refractivity contribution in [3.05, 3.63) is 27.7 Å². The maximum atomic E-state index is 10.1. The van der Waals surface area contributed by atoms with Gasteiger partial charge in [-0.05, 0) is 50.4 Å². The van der Waals surface area contributed by atoms with E-state index in [4.69, 9.17) is 0 Å². The molecule has 0 bridgehead atoms. The average Bonchev–Trinajstić information content (AvgIpc) is 2.26. The molecule has 2 nitrogen and oxygen atoms in total. The standard InChI is InChI=1S/C12H16BrNO/c1-8-2-3-10(13)11(12(8)15)9-4-6-14-7-5-9/h2-3,9,14-15H,4-7H2,1H3. The van der Waals surface area contributed by atoms with Gasteiger partial charge in [-0.3, -0.25) is 0 Å². The predicted octanol–water partition coefficient (Wildman–Crippen LogP) is 2.93. The zero-order valence-corrected chi connectivity index (χ0v) is 10.5. The minimum absolute atomic E-state index is 0.469. The van der Waals surface area contributed by atoms with Crippen molar-refractivity contribution in [3.8, 4) is 5.75 Å². The summed E-state index contributed by atoms with van der Waals surface area (Å²) in [5, 5.41) is 13.4. The second-order valence-corrected chi connectivity index (χ2v) is 5.01. The lowest BCUT2D eigenvalue weighted by molar-refractivity contribution is 0.421. The molecule has 1 aromatic rings. The van der Waals surface area contributed by atoms with Crippen LogP contribution in [-0.2, 0) is 0 Å². The first-order valence-electron chi connectivity index (χ1n) is 5.39. The lowest BCUT2D eigenvalue weighted by Crippen LogP contribution is -2.26. The molecule has 0 aliphatic carbocycles. The lowest BCUT2D eigenvalue weighted by atomic mass is 9.88. The van der Waals surface area contributed by atoms with Crippen LogP contribution >= 0.6 is 15.9 Å². The molecule has 1 fully saturated rings. The van der Waals surface area contributed by atoms with Gasteiger partial charge in [-0.15, -0.1) is 0 Å². The van der Waals surface area contributed by atoms with Gasteiger partial charge in [-0.25, -0.2) is 0 Å². The van der Waals surface area contributed by atoms with Gasteiger partial charge in [-0.1, -0.05) is 22.0 Å². The highest BCUT2D eigenvalue weighted by Crippen LogP contribution is 2.39. The summed E-state index contributed by atoms with van der Waals surface area (Å²) in [5.41, 5.74) is 2.06. The van der Waals surface area contributed by atoms with E-state index >= 15 is 0 Å². The third kappa shape index (κ3) is 2.18. The molecule has 82 valence electrons. The van der Waals surface area contributed by atoms with Crippen LogP contribution < -0.4 is 5.32 Å². The molecule has 0 unspecified atom stereocenters. The van der Waals surface area contributed by atoms with E-state index in [1.54, 1.807) is 0 Å². The molecule has 15 heavy (non-hydrogen) atoms. The first-order valence-corrected chi connectivity index (χ1v) is 6.18. The molecule has 0 atom stereocenters. The van der Waals surface area contributed by atoms with Crippen molar-refractivity contribution in [1.82, 2.24) is 5.32 Å². The molecule has 1 saturated heterocycles. The number of hydrogen-bond acceptors (Lipinski definition) is 2. The van der Waals surface area contributed by atoms with E-state index in [0.717, 1.165) is 41.5 Å². The van der Waals surface area contributed by atoms with E-state index in [9.17, 15) is 5.11 Å². The summed E-state index contributed by atoms with van der Waals surface area (Å²) in [7, 11) is 0. The van der Waals surface area contributed by atoms with Gasteiger partial charge in [-0.2, -0.15) is 0 Å². The largest absolute Gasteiger partial charge is 0.507 e. The Hall–Kier alpha value is -0.540. The summed E-state index contributed by atoms with van der Waals surface area (Å²) < 4.78 is 1.04. The molecule has 0 saturated carbocycles. The van der Waals surface area contributed by atoms with Crippen LogP contribution in [0.4, 0.5) is 0 Å². The molecule has 2 rings (SSSR count). The first-order chi connectivity index (χ1) is 7.20. The predicted molar refractivity (Wildman–Crippen MR) is 65.4 cm³/mol. The van der Waals surface area contributed by atoms with E-state index < -0.39 is 0 Å². The molecule has 0 amide bonds. The van der Waals surface area contributed by atoms with Gasteiger partial charge in [0.1, 0.15) is 5.75 Å². The maximum absolute atomic E-state index is 10.1. The number of aromatic hydroxyl groups is 1. The SMILES string of the molecule is Cc1ccc(Br)c(C2CCNCC2)c1O. The Morgan fingerprint density at radius 1 is 1.33 bits per heavy atom. The van der Waals surface area contributed by atoms with Crippen molar-refractivity contribution >= 4 is 15.9 Å². The second kappa shape index (κ2) is 4.54. The van der Waals surface area contributed by atoms with Gasteiger partial charge in [0.05, 0.1) is 0 Å². The van der Waals surface area contributed by atoms with Gasteiger partial charge in [0.2, 0.25) is 0 Å². The molecule has 1 aliphatic rings. The van der Waals surface area contributed by atoms with Gasteiger partial charge in [0.15, 0.2) is 0 Å². The van der Waals surface area contributed by atoms with Gasteiger partial charge in [0.25, 0.3) is 0 Å². The molecular weight excluding hydrogens is 254 g/mol. The summed E-state index contributed by atoms with van der Waals surface area (Å²) >= 11 is 3.54. The first kappa shape index (κ1) is 11.0. The molecule has 1 heterocycles. The highest BCUT2D eigenvalue weighted by atomic mass is 79.9. The van der Waals surface area contributed by atoms with Crippen molar-refractivity contribution in [1.29, 1.82) is 0 Å². The fourth-order valence-corrected chi connectivity index (χ4v) is 2.84. The molecule has 3 heteroatoms. The van der Waals surface area contributed by atoms with Crippen LogP contribution in [0.1, 0.15) is 29.9 Å². The molecule has 0 radical (unpaired) electrons. The van der Waals surface area contributed by atoms with E-state index in [-0.39, 0.29) is 0 Å². The molecule has 0 aromatic heterocycles. The highest BCUT2D eigenvalue weighted by molar-refractivity contribution is 9.10. The number of aryl methyl sites for hydroxylation is 1. The summed E-state index contributed by atoms with van der Waals surface area (Å²) in [6, 6.07) is 3.98. The average molecular weight is 270 g/mol. The number of phenols is 1. The molecular formula is C12H16BrNO. The van der Waals surface area contributed by atoms with Crippen LogP contribution in [0.15, 0.2) is 16.6 Å². The molecule has 2 N–H and O–H groups in total. The van der Waals surface area contributed by atoms with Crippen LogP contribution in [0.2, 0.25) is 0 Å². The molecule has 1 aliphatic heterocycles. The summed E-state index contributed by atoms with van der Waals surface area (Å²) in [5.74, 6) is 0.955. The van der Waals surface area contributed by atoms with Crippen molar-refractivity contribution < 1.29 is 5.11 Å². The van der Waals surface area contributed by atoms with Crippen LogP contribution in [0.25, 0.3) is 0 Å². The normalized spacial score (nSPS) is 18.0. The van der Waals surface area contributed by atoms with Crippen molar-refractivity contribution in [2.75, 3.05) is 13.1 Å². The number of nitrogens with one attached hydrogen (secondary N) is 1. The Balaban J connectivity index is 2.36. The highest BCUT2D eigenvalue weighted by Gasteiger charge is 2.21. The van der Waals surface area contributed by atoms with Gasteiger partial charge < -0.3 is 10.4 Å². The number of rotatable bonds is 1.